The molecule has 0 radical (unpaired) electrons. The molecule has 3 rings (SSSR count). The number of aromatic nitrogens is 2. The third-order valence-corrected chi connectivity index (χ3v) is 3.03. The van der Waals surface area contributed by atoms with Gasteiger partial charge in [0.1, 0.15) is 11.6 Å². The highest BCUT2D eigenvalue weighted by atomic mass is 19.1. The third-order valence-electron chi connectivity index (χ3n) is 3.03. The molecule has 106 valence electrons. The largest absolute Gasteiger partial charge is 0.496 e. The van der Waals surface area contributed by atoms with Crippen molar-refractivity contribution in [3.63, 3.8) is 0 Å². The minimum Gasteiger partial charge on any atom is -0.496 e. The van der Waals surface area contributed by atoms with Crippen LogP contribution in [0.2, 0.25) is 0 Å². The van der Waals surface area contributed by atoms with Crippen LogP contribution in [-0.4, -0.2) is 23.0 Å². The second-order valence-electron chi connectivity index (χ2n) is 4.40. The molecule has 1 heterocycles. The van der Waals surface area contributed by atoms with Gasteiger partial charge in [-0.15, -0.1) is 0 Å². The van der Waals surface area contributed by atoms with E-state index in [1.807, 2.05) is 24.3 Å². The first-order chi connectivity index (χ1) is 10.2. The summed E-state index contributed by atoms with van der Waals surface area (Å²) in [7, 11) is 1.42. The van der Waals surface area contributed by atoms with Gasteiger partial charge in [0.05, 0.1) is 23.7 Å². The fourth-order valence-corrected chi connectivity index (χ4v) is 2.04. The minimum absolute atomic E-state index is 0.109. The molecule has 0 aliphatic rings. The number of halogens is 1. The van der Waals surface area contributed by atoms with Gasteiger partial charge in [-0.3, -0.25) is 10.1 Å². The maximum atomic E-state index is 13.3. The maximum absolute atomic E-state index is 13.3. The zero-order chi connectivity index (χ0) is 14.8. The lowest BCUT2D eigenvalue weighted by Crippen LogP contribution is -2.14. The van der Waals surface area contributed by atoms with E-state index in [9.17, 15) is 9.18 Å². The number of methoxy groups -OCH3 is 1. The Bertz CT molecular complexity index is 781. The first-order valence-electron chi connectivity index (χ1n) is 6.27. The second-order valence-corrected chi connectivity index (χ2v) is 4.40. The molecule has 0 unspecified atom stereocenters. The molecule has 2 N–H and O–H groups in total. The van der Waals surface area contributed by atoms with Gasteiger partial charge in [-0.05, 0) is 30.3 Å². The number of benzene rings is 2. The molecule has 0 spiro atoms. The van der Waals surface area contributed by atoms with E-state index in [-0.39, 0.29) is 5.56 Å². The summed E-state index contributed by atoms with van der Waals surface area (Å²) in [5, 5.41) is 2.60. The van der Waals surface area contributed by atoms with E-state index in [2.05, 4.69) is 15.3 Å². The molecule has 1 aromatic heterocycles. The van der Waals surface area contributed by atoms with E-state index in [4.69, 9.17) is 4.74 Å². The number of rotatable bonds is 3. The number of carbonyl (C=O) groups excluding carboxylic acids is 1. The number of hydrogen-bond donors (Lipinski definition) is 2. The van der Waals surface area contributed by atoms with Gasteiger partial charge in [-0.2, -0.15) is 0 Å². The van der Waals surface area contributed by atoms with Crippen LogP contribution in [-0.2, 0) is 0 Å². The number of amides is 1. The van der Waals surface area contributed by atoms with Crippen molar-refractivity contribution in [3.05, 3.63) is 53.8 Å². The van der Waals surface area contributed by atoms with Gasteiger partial charge in [0.15, 0.2) is 0 Å². The summed E-state index contributed by atoms with van der Waals surface area (Å²) < 4.78 is 18.4. The van der Waals surface area contributed by atoms with Crippen molar-refractivity contribution in [3.8, 4) is 5.75 Å². The zero-order valence-corrected chi connectivity index (χ0v) is 11.2. The number of ether oxygens (including phenoxy) is 1. The smallest absolute Gasteiger partial charge is 0.261 e. The third kappa shape index (κ3) is 2.55. The fraction of sp³-hybridized carbons (Fsp3) is 0.0667. The number of fused-ring (bicyclic) bond motifs is 1. The van der Waals surface area contributed by atoms with Crippen LogP contribution in [0.1, 0.15) is 10.4 Å². The van der Waals surface area contributed by atoms with Crippen molar-refractivity contribution in [2.24, 2.45) is 0 Å². The Morgan fingerprint density at radius 1 is 1.29 bits per heavy atom. The number of carbonyl (C=O) groups is 1. The van der Waals surface area contributed by atoms with Crippen LogP contribution in [0.4, 0.5) is 10.3 Å². The van der Waals surface area contributed by atoms with Crippen LogP contribution in [0.5, 0.6) is 5.75 Å². The number of imidazole rings is 1. The number of nitrogens with one attached hydrogen (secondary N) is 2. The van der Waals surface area contributed by atoms with E-state index in [1.165, 1.54) is 19.2 Å². The zero-order valence-electron chi connectivity index (χ0n) is 11.2. The monoisotopic (exact) mass is 285 g/mol. The van der Waals surface area contributed by atoms with Crippen LogP contribution < -0.4 is 10.1 Å². The van der Waals surface area contributed by atoms with Crippen molar-refractivity contribution in [1.82, 2.24) is 9.97 Å². The molecule has 0 aliphatic heterocycles. The molecule has 0 saturated carbocycles. The summed E-state index contributed by atoms with van der Waals surface area (Å²) >= 11 is 0. The normalized spacial score (nSPS) is 10.6. The Kier molecular flexibility index (Phi) is 3.27. The van der Waals surface area contributed by atoms with Crippen LogP contribution in [0.25, 0.3) is 11.0 Å². The van der Waals surface area contributed by atoms with Crippen molar-refractivity contribution >= 4 is 22.9 Å². The molecule has 6 heteroatoms. The topological polar surface area (TPSA) is 67.0 Å². The Hall–Kier alpha value is -2.89. The molecule has 0 bridgehead atoms. The van der Waals surface area contributed by atoms with Gasteiger partial charge < -0.3 is 9.72 Å². The number of H-pyrrole nitrogens is 1. The molecule has 3 aromatic rings. The van der Waals surface area contributed by atoms with Crippen molar-refractivity contribution in [1.29, 1.82) is 0 Å². The summed E-state index contributed by atoms with van der Waals surface area (Å²) in [4.78, 5) is 19.4. The quantitative estimate of drug-likeness (QED) is 0.777. The molecular formula is C15H12FN3O2. The van der Waals surface area contributed by atoms with Gasteiger partial charge in [0, 0.05) is 0 Å². The molecular weight excluding hydrogens is 273 g/mol. The minimum atomic E-state index is -0.509. The predicted molar refractivity (Wildman–Crippen MR) is 77.0 cm³/mol. The Morgan fingerprint density at radius 2 is 2.10 bits per heavy atom. The maximum Gasteiger partial charge on any atom is 0.261 e. The fourth-order valence-electron chi connectivity index (χ4n) is 2.04. The second kappa shape index (κ2) is 5.24. The molecule has 0 saturated heterocycles. The van der Waals surface area contributed by atoms with Gasteiger partial charge >= 0.3 is 0 Å². The van der Waals surface area contributed by atoms with Crippen molar-refractivity contribution < 1.29 is 13.9 Å². The van der Waals surface area contributed by atoms with Crippen LogP contribution in [0.3, 0.4) is 0 Å². The predicted octanol–water partition coefficient (Wildman–Crippen LogP) is 2.96. The lowest BCUT2D eigenvalue weighted by Gasteiger charge is -2.07. The lowest BCUT2D eigenvalue weighted by atomic mass is 10.2. The van der Waals surface area contributed by atoms with Gasteiger partial charge in [-0.25, -0.2) is 9.37 Å². The summed E-state index contributed by atoms with van der Waals surface area (Å²) in [5.41, 5.74) is 1.65. The van der Waals surface area contributed by atoms with Crippen LogP contribution in [0.15, 0.2) is 42.5 Å². The summed E-state index contributed by atoms with van der Waals surface area (Å²) in [6, 6.07) is 11.1. The summed E-state index contributed by atoms with van der Waals surface area (Å²) in [6.45, 7) is 0. The van der Waals surface area contributed by atoms with Crippen molar-refractivity contribution in [2.45, 2.75) is 0 Å². The van der Waals surface area contributed by atoms with Crippen LogP contribution in [0, 0.1) is 5.82 Å². The van der Waals surface area contributed by atoms with Gasteiger partial charge in [0.2, 0.25) is 5.95 Å². The molecule has 0 aliphatic carbocycles. The SMILES string of the molecule is COc1ccc(F)cc1C(=O)Nc1nc2ccccc2[nH]1. The highest BCUT2D eigenvalue weighted by Crippen LogP contribution is 2.21. The van der Waals surface area contributed by atoms with E-state index in [1.54, 1.807) is 0 Å². The molecule has 1 amide bonds. The molecule has 0 atom stereocenters. The molecule has 21 heavy (non-hydrogen) atoms. The number of anilines is 1. The lowest BCUT2D eigenvalue weighted by molar-refractivity contribution is 0.102. The standard InChI is InChI=1S/C15H12FN3O2/c1-21-13-7-6-9(16)8-10(13)14(20)19-15-17-11-4-2-3-5-12(11)18-15/h2-8H,1H3,(H2,17,18,19,20). The molecule has 0 fully saturated rings. The van der Waals surface area contributed by atoms with Crippen LogP contribution >= 0.6 is 0 Å². The Balaban J connectivity index is 1.90. The average molecular weight is 285 g/mol. The first kappa shape index (κ1) is 13.1. The van der Waals surface area contributed by atoms with E-state index in [0.717, 1.165) is 17.1 Å². The van der Waals surface area contributed by atoms with E-state index >= 15 is 0 Å². The molecule has 2 aromatic carbocycles. The highest BCUT2D eigenvalue weighted by Gasteiger charge is 2.15. The number of hydrogen-bond acceptors (Lipinski definition) is 3. The summed E-state index contributed by atoms with van der Waals surface area (Å²) in [6.07, 6.45) is 0. The number of para-hydroxylation sites is 2. The molecule has 5 nitrogen and oxygen atoms in total. The van der Waals surface area contributed by atoms with E-state index < -0.39 is 11.7 Å². The Labute approximate surface area is 119 Å². The van der Waals surface area contributed by atoms with Gasteiger partial charge in [-0.1, -0.05) is 12.1 Å². The first-order valence-corrected chi connectivity index (χ1v) is 6.27. The van der Waals surface area contributed by atoms with Crippen molar-refractivity contribution in [2.75, 3.05) is 12.4 Å². The van der Waals surface area contributed by atoms with E-state index in [0.29, 0.717) is 11.7 Å². The summed E-state index contributed by atoms with van der Waals surface area (Å²) in [5.74, 6) is -0.409. The number of aromatic amines is 1. The Morgan fingerprint density at radius 3 is 2.86 bits per heavy atom. The average Bonchev–Trinajstić information content (AvgIpc) is 2.89. The number of nitrogens with zero attached hydrogens (tertiary/aromatic N) is 1. The van der Waals surface area contributed by atoms with Gasteiger partial charge in [0.25, 0.3) is 5.91 Å². The highest BCUT2D eigenvalue weighted by molar-refractivity contribution is 6.05.